The predicted molar refractivity (Wildman–Crippen MR) is 120 cm³/mol. The minimum Gasteiger partial charge on any atom is -0.356 e. The first-order valence-electron chi connectivity index (χ1n) is 11.0. The highest BCUT2D eigenvalue weighted by molar-refractivity contribution is 6.23. The topological polar surface area (TPSA) is 117 Å². The number of ketones is 1. The molecule has 170 valence electrons. The Bertz CT molecular complexity index is 1290. The lowest BCUT2D eigenvalue weighted by atomic mass is 10.0. The van der Waals surface area contributed by atoms with Crippen LogP contribution in [0.2, 0.25) is 0 Å². The molecule has 1 N–H and O–H groups in total. The predicted octanol–water partition coefficient (Wildman–Crippen LogP) is 1.05. The summed E-state index contributed by atoms with van der Waals surface area (Å²) < 4.78 is 0. The van der Waals surface area contributed by atoms with Gasteiger partial charge < -0.3 is 4.90 Å². The van der Waals surface area contributed by atoms with Crippen LogP contribution in [0.5, 0.6) is 0 Å². The molecule has 4 heterocycles. The molecular weight excluding hydrogens is 436 g/mol. The lowest BCUT2D eigenvalue weighted by Gasteiger charge is -2.27. The number of rotatable bonds is 2. The normalized spacial score (nSPS) is 20.1. The number of carbonyl (C=O) groups excluding carboxylic acids is 5. The van der Waals surface area contributed by atoms with Crippen LogP contribution in [0.25, 0.3) is 0 Å². The van der Waals surface area contributed by atoms with Crippen LogP contribution >= 0.6 is 0 Å². The maximum Gasteiger partial charge on any atom is 0.262 e. The molecular formula is C25H20N4O5. The molecule has 3 aliphatic heterocycles. The van der Waals surface area contributed by atoms with Crippen molar-refractivity contribution in [3.63, 3.8) is 0 Å². The Balaban J connectivity index is 1.32. The smallest absolute Gasteiger partial charge is 0.262 e. The van der Waals surface area contributed by atoms with E-state index in [1.165, 1.54) is 6.07 Å². The summed E-state index contributed by atoms with van der Waals surface area (Å²) in [6, 6.07) is 7.44. The Kier molecular flexibility index (Phi) is 5.42. The van der Waals surface area contributed by atoms with Gasteiger partial charge in [-0.3, -0.25) is 34.2 Å². The van der Waals surface area contributed by atoms with Gasteiger partial charge in [0.1, 0.15) is 17.6 Å². The first-order valence-corrected chi connectivity index (χ1v) is 11.0. The third-order valence-electron chi connectivity index (χ3n) is 6.18. The number of nitrogens with one attached hydrogen (secondary N) is 1. The van der Waals surface area contributed by atoms with Crippen molar-refractivity contribution in [1.29, 1.82) is 0 Å². The molecule has 5 rings (SSSR count). The highest BCUT2D eigenvalue weighted by atomic mass is 16.2. The van der Waals surface area contributed by atoms with Crippen molar-refractivity contribution in [2.24, 2.45) is 0 Å². The van der Waals surface area contributed by atoms with Gasteiger partial charge in [-0.05, 0) is 36.8 Å². The van der Waals surface area contributed by atoms with Gasteiger partial charge in [0.2, 0.25) is 11.8 Å². The Morgan fingerprint density at radius 2 is 1.56 bits per heavy atom. The van der Waals surface area contributed by atoms with Gasteiger partial charge in [0, 0.05) is 49.7 Å². The van der Waals surface area contributed by atoms with E-state index in [4.69, 9.17) is 0 Å². The molecule has 0 spiro atoms. The summed E-state index contributed by atoms with van der Waals surface area (Å²) in [5.74, 6) is 4.89. The van der Waals surface area contributed by atoms with E-state index in [0.717, 1.165) is 10.7 Å². The van der Waals surface area contributed by atoms with E-state index in [1.54, 1.807) is 18.3 Å². The molecule has 9 heteroatoms. The maximum absolute atomic E-state index is 12.9. The van der Waals surface area contributed by atoms with Gasteiger partial charge in [-0.2, -0.15) is 0 Å². The quantitative estimate of drug-likeness (QED) is 0.530. The van der Waals surface area contributed by atoms with Gasteiger partial charge in [0.25, 0.3) is 11.8 Å². The summed E-state index contributed by atoms with van der Waals surface area (Å²) in [5, 5.41) is 2.18. The zero-order valence-corrected chi connectivity index (χ0v) is 18.2. The Morgan fingerprint density at radius 1 is 0.853 bits per heavy atom. The highest BCUT2D eigenvalue weighted by Crippen LogP contribution is 2.28. The molecule has 1 aromatic carbocycles. The van der Waals surface area contributed by atoms with Crippen molar-refractivity contribution in [3.8, 4) is 11.8 Å². The second-order valence-electron chi connectivity index (χ2n) is 8.39. The van der Waals surface area contributed by atoms with E-state index in [2.05, 4.69) is 27.0 Å². The van der Waals surface area contributed by atoms with E-state index >= 15 is 0 Å². The number of piperidine rings is 2. The summed E-state index contributed by atoms with van der Waals surface area (Å²) in [5.41, 5.74) is 1.63. The van der Waals surface area contributed by atoms with Gasteiger partial charge in [0.05, 0.1) is 11.1 Å². The molecule has 2 saturated heterocycles. The zero-order chi connectivity index (χ0) is 23.8. The van der Waals surface area contributed by atoms with Gasteiger partial charge in [-0.1, -0.05) is 11.8 Å². The highest BCUT2D eigenvalue weighted by Gasteiger charge is 2.44. The number of aromatic nitrogens is 1. The van der Waals surface area contributed by atoms with Crippen LogP contribution in [0.4, 0.5) is 5.82 Å². The number of fused-ring (bicyclic) bond motifs is 1. The van der Waals surface area contributed by atoms with Gasteiger partial charge >= 0.3 is 0 Å². The van der Waals surface area contributed by atoms with Crippen LogP contribution in [-0.2, 0) is 14.4 Å². The van der Waals surface area contributed by atoms with Crippen LogP contribution in [0.3, 0.4) is 0 Å². The summed E-state index contributed by atoms with van der Waals surface area (Å²) in [6.45, 7) is 1.32. The first kappa shape index (κ1) is 21.5. The van der Waals surface area contributed by atoms with Crippen LogP contribution in [-0.4, -0.2) is 58.4 Å². The van der Waals surface area contributed by atoms with Crippen molar-refractivity contribution < 1.29 is 24.0 Å². The second kappa shape index (κ2) is 8.56. The molecule has 0 radical (unpaired) electrons. The fourth-order valence-corrected chi connectivity index (χ4v) is 4.33. The number of nitrogens with zero attached hydrogens (tertiary/aromatic N) is 3. The number of hydrogen-bond acceptors (Lipinski definition) is 7. The number of anilines is 1. The second-order valence-corrected chi connectivity index (χ2v) is 8.39. The maximum atomic E-state index is 12.9. The number of hydrogen-bond donors (Lipinski definition) is 1. The van der Waals surface area contributed by atoms with E-state index < -0.39 is 29.7 Å². The molecule has 1 unspecified atom stereocenters. The molecule has 3 aliphatic rings. The standard InChI is InChI=1S/C25H20N4O5/c30-17-9-11-28(12-10-17)21-7-4-16(14-26-21)2-1-15-3-5-18-19(13-15)25(34)29(24(18)33)20-6-8-22(31)27-23(20)32/h3-5,7,13-14,20H,6,8-12H2,(H,27,31,32). The SMILES string of the molecule is O=C1CCN(c2ccc(C#Cc3ccc4c(c3)C(=O)N(C3CCC(=O)NC3=O)C4=O)cn2)CC1. The van der Waals surface area contributed by atoms with E-state index in [0.29, 0.717) is 37.1 Å². The average Bonchev–Trinajstić information content (AvgIpc) is 3.08. The van der Waals surface area contributed by atoms with E-state index in [1.807, 2.05) is 12.1 Å². The molecule has 2 aromatic rings. The molecule has 0 aliphatic carbocycles. The van der Waals surface area contributed by atoms with Gasteiger partial charge in [0.15, 0.2) is 0 Å². The molecule has 1 atom stereocenters. The lowest BCUT2D eigenvalue weighted by Crippen LogP contribution is -2.54. The van der Waals surface area contributed by atoms with Gasteiger partial charge in [-0.25, -0.2) is 4.98 Å². The molecule has 1 aromatic heterocycles. The summed E-state index contributed by atoms with van der Waals surface area (Å²) in [7, 11) is 0. The average molecular weight is 456 g/mol. The Hall–Kier alpha value is -4.32. The largest absolute Gasteiger partial charge is 0.356 e. The number of pyridine rings is 1. The van der Waals surface area contributed by atoms with Crippen molar-refractivity contribution in [2.75, 3.05) is 18.0 Å². The Labute approximate surface area is 195 Å². The molecule has 4 amide bonds. The third-order valence-corrected chi connectivity index (χ3v) is 6.18. The lowest BCUT2D eigenvalue weighted by molar-refractivity contribution is -0.136. The van der Waals surface area contributed by atoms with Crippen molar-refractivity contribution in [3.05, 3.63) is 58.8 Å². The van der Waals surface area contributed by atoms with Crippen LogP contribution in [0, 0.1) is 11.8 Å². The third kappa shape index (κ3) is 3.94. The molecule has 2 fully saturated rings. The molecule has 0 bridgehead atoms. The molecule has 0 saturated carbocycles. The molecule has 34 heavy (non-hydrogen) atoms. The van der Waals surface area contributed by atoms with Crippen LogP contribution in [0.1, 0.15) is 57.5 Å². The first-order chi connectivity index (χ1) is 16.4. The fraction of sp³-hybridized carbons (Fsp3) is 0.280. The summed E-state index contributed by atoms with van der Waals surface area (Å²) in [4.78, 5) is 68.1. The number of carbonyl (C=O) groups is 5. The molecule has 9 nitrogen and oxygen atoms in total. The monoisotopic (exact) mass is 456 g/mol. The summed E-state index contributed by atoms with van der Waals surface area (Å²) >= 11 is 0. The number of amides is 4. The van der Waals surface area contributed by atoms with E-state index in [9.17, 15) is 24.0 Å². The van der Waals surface area contributed by atoms with Crippen LogP contribution < -0.4 is 10.2 Å². The van der Waals surface area contributed by atoms with Gasteiger partial charge in [-0.15, -0.1) is 0 Å². The fourth-order valence-electron chi connectivity index (χ4n) is 4.33. The Morgan fingerprint density at radius 3 is 2.26 bits per heavy atom. The van der Waals surface area contributed by atoms with Crippen molar-refractivity contribution in [1.82, 2.24) is 15.2 Å². The number of Topliss-reactive ketones (excluding diaryl/α,β-unsaturated/α-hetero) is 1. The zero-order valence-electron chi connectivity index (χ0n) is 18.2. The van der Waals surface area contributed by atoms with Crippen LogP contribution in [0.15, 0.2) is 36.5 Å². The minimum atomic E-state index is -0.998. The number of benzene rings is 1. The summed E-state index contributed by atoms with van der Waals surface area (Å²) in [6.07, 6.45) is 2.90. The van der Waals surface area contributed by atoms with E-state index in [-0.39, 0.29) is 29.8 Å². The number of imide groups is 2. The van der Waals surface area contributed by atoms with Crippen molar-refractivity contribution >= 4 is 35.2 Å². The van der Waals surface area contributed by atoms with Crippen molar-refractivity contribution in [2.45, 2.75) is 31.7 Å². The minimum absolute atomic E-state index is 0.0727.